The molecule has 0 spiro atoms. The molecule has 2 N–H and O–H groups in total. The molecule has 1 rings (SSSR count). The van der Waals surface area contributed by atoms with Gasteiger partial charge in [-0.15, -0.1) is 0 Å². The van der Waals surface area contributed by atoms with E-state index >= 15 is 0 Å². The molecule has 0 aromatic carbocycles. The molecule has 0 amide bonds. The molecule has 13 heavy (non-hydrogen) atoms. The highest BCUT2D eigenvalue weighted by Crippen LogP contribution is 2.33. The number of hydrogen-bond donors (Lipinski definition) is 2. The molecule has 0 aromatic heterocycles. The van der Waals surface area contributed by atoms with Crippen molar-refractivity contribution in [2.45, 2.75) is 26.2 Å². The first-order chi connectivity index (χ1) is 6.02. The van der Waals surface area contributed by atoms with Gasteiger partial charge in [-0.1, -0.05) is 6.92 Å². The molecule has 1 saturated carbocycles. The van der Waals surface area contributed by atoms with Crippen molar-refractivity contribution < 1.29 is 19.8 Å². The summed E-state index contributed by atoms with van der Waals surface area (Å²) in [4.78, 5) is 21.5. The molecule has 0 unspecified atom stereocenters. The first kappa shape index (κ1) is 10.0. The maximum Gasteiger partial charge on any atom is 0.307 e. The van der Waals surface area contributed by atoms with Crippen LogP contribution in [0.1, 0.15) is 26.2 Å². The number of carboxylic acids is 2. The Kier molecular flexibility index (Phi) is 2.90. The minimum atomic E-state index is -0.973. The van der Waals surface area contributed by atoms with E-state index in [9.17, 15) is 9.59 Å². The number of aliphatic carboxylic acids is 2. The molecule has 0 saturated heterocycles. The van der Waals surface area contributed by atoms with Crippen LogP contribution in [0.25, 0.3) is 0 Å². The van der Waals surface area contributed by atoms with Crippen LogP contribution in [0.4, 0.5) is 0 Å². The highest BCUT2D eigenvalue weighted by molar-refractivity contribution is 5.80. The van der Waals surface area contributed by atoms with Gasteiger partial charge in [0.25, 0.3) is 0 Å². The summed E-state index contributed by atoms with van der Waals surface area (Å²) in [5.41, 5.74) is 0. The lowest BCUT2D eigenvalue weighted by Crippen LogP contribution is -2.34. The minimum Gasteiger partial charge on any atom is -0.481 e. The standard InChI is InChI=1S/C9H14O4/c1-5-2-3-6(8(10)11)7(4-5)9(12)13/h5-7H,2-4H2,1H3,(H,10,11)(H,12,13)/t5-,6+,7+/m1/s1. The van der Waals surface area contributed by atoms with E-state index in [1.54, 1.807) is 0 Å². The lowest BCUT2D eigenvalue weighted by molar-refractivity contribution is -0.156. The molecule has 74 valence electrons. The average Bonchev–Trinajstić information content (AvgIpc) is 2.03. The van der Waals surface area contributed by atoms with Crippen LogP contribution in [0.3, 0.4) is 0 Å². The van der Waals surface area contributed by atoms with Crippen molar-refractivity contribution in [2.75, 3.05) is 0 Å². The van der Waals surface area contributed by atoms with Gasteiger partial charge in [-0.25, -0.2) is 0 Å². The Labute approximate surface area is 76.6 Å². The van der Waals surface area contributed by atoms with Gasteiger partial charge in [-0.2, -0.15) is 0 Å². The SMILES string of the molecule is C[C@@H]1CC[C@H](C(=O)O)[C@@H](C(=O)O)C1. The second kappa shape index (κ2) is 3.77. The largest absolute Gasteiger partial charge is 0.481 e. The van der Waals surface area contributed by atoms with Crippen molar-refractivity contribution >= 4 is 11.9 Å². The Morgan fingerprint density at radius 1 is 1.08 bits per heavy atom. The van der Waals surface area contributed by atoms with E-state index in [0.717, 1.165) is 6.42 Å². The Morgan fingerprint density at radius 3 is 2.08 bits per heavy atom. The minimum absolute atomic E-state index is 0.330. The third kappa shape index (κ3) is 2.20. The van der Waals surface area contributed by atoms with Crippen LogP contribution in [-0.4, -0.2) is 22.2 Å². The van der Waals surface area contributed by atoms with Gasteiger partial charge < -0.3 is 10.2 Å². The van der Waals surface area contributed by atoms with Crippen LogP contribution in [0.5, 0.6) is 0 Å². The fraction of sp³-hybridized carbons (Fsp3) is 0.778. The quantitative estimate of drug-likeness (QED) is 0.679. The van der Waals surface area contributed by atoms with Crippen molar-refractivity contribution in [3.63, 3.8) is 0 Å². The molecule has 0 radical (unpaired) electrons. The topological polar surface area (TPSA) is 74.6 Å². The molecule has 1 fully saturated rings. The van der Waals surface area contributed by atoms with Crippen LogP contribution in [-0.2, 0) is 9.59 Å². The number of carboxylic acid groups (broad SMARTS) is 2. The van der Waals surface area contributed by atoms with E-state index in [4.69, 9.17) is 10.2 Å². The summed E-state index contributed by atoms with van der Waals surface area (Å²) < 4.78 is 0. The Bertz CT molecular complexity index is 224. The summed E-state index contributed by atoms with van der Waals surface area (Å²) in [6.45, 7) is 1.97. The molecular weight excluding hydrogens is 172 g/mol. The Hall–Kier alpha value is -1.06. The number of rotatable bonds is 2. The van der Waals surface area contributed by atoms with Gasteiger partial charge in [-0.3, -0.25) is 9.59 Å². The van der Waals surface area contributed by atoms with Gasteiger partial charge in [0.15, 0.2) is 0 Å². The van der Waals surface area contributed by atoms with E-state index < -0.39 is 23.8 Å². The maximum absolute atomic E-state index is 10.8. The van der Waals surface area contributed by atoms with Crippen LogP contribution in [0.2, 0.25) is 0 Å². The van der Waals surface area contributed by atoms with Crippen LogP contribution >= 0.6 is 0 Å². The van der Waals surface area contributed by atoms with Gasteiger partial charge in [0.05, 0.1) is 11.8 Å². The zero-order valence-corrected chi connectivity index (χ0v) is 7.56. The van der Waals surface area contributed by atoms with Crippen molar-refractivity contribution in [3.8, 4) is 0 Å². The molecular formula is C9H14O4. The number of carbonyl (C=O) groups is 2. The van der Waals surface area contributed by atoms with E-state index in [1.165, 1.54) is 0 Å². The fourth-order valence-electron chi connectivity index (χ4n) is 1.95. The number of hydrogen-bond acceptors (Lipinski definition) is 2. The summed E-state index contributed by atoms with van der Waals surface area (Å²) in [7, 11) is 0. The first-order valence-electron chi connectivity index (χ1n) is 4.48. The molecule has 4 heteroatoms. The fourth-order valence-corrected chi connectivity index (χ4v) is 1.95. The summed E-state index contributed by atoms with van der Waals surface area (Å²) in [6, 6.07) is 0. The normalized spacial score (nSPS) is 34.1. The van der Waals surface area contributed by atoms with Gasteiger partial charge in [0, 0.05) is 0 Å². The second-order valence-corrected chi connectivity index (χ2v) is 3.81. The van der Waals surface area contributed by atoms with Crippen LogP contribution < -0.4 is 0 Å². The lowest BCUT2D eigenvalue weighted by Gasteiger charge is -2.29. The monoisotopic (exact) mass is 186 g/mol. The highest BCUT2D eigenvalue weighted by Gasteiger charge is 2.37. The Morgan fingerprint density at radius 2 is 1.62 bits per heavy atom. The van der Waals surface area contributed by atoms with E-state index in [2.05, 4.69) is 0 Å². The van der Waals surface area contributed by atoms with E-state index in [1.807, 2.05) is 6.92 Å². The predicted octanol–water partition coefficient (Wildman–Crippen LogP) is 1.21. The molecule has 1 aliphatic carbocycles. The molecule has 0 heterocycles. The molecule has 1 aliphatic rings. The van der Waals surface area contributed by atoms with Crippen molar-refractivity contribution in [1.82, 2.24) is 0 Å². The van der Waals surface area contributed by atoms with Gasteiger partial charge in [0.2, 0.25) is 0 Å². The van der Waals surface area contributed by atoms with Crippen molar-refractivity contribution in [2.24, 2.45) is 17.8 Å². The van der Waals surface area contributed by atoms with Crippen LogP contribution in [0.15, 0.2) is 0 Å². The van der Waals surface area contributed by atoms with Crippen molar-refractivity contribution in [3.05, 3.63) is 0 Å². The first-order valence-corrected chi connectivity index (χ1v) is 4.48. The van der Waals surface area contributed by atoms with Crippen LogP contribution in [0, 0.1) is 17.8 Å². The Balaban J connectivity index is 2.72. The van der Waals surface area contributed by atoms with Crippen molar-refractivity contribution in [1.29, 1.82) is 0 Å². The summed E-state index contributed by atoms with van der Waals surface area (Å²) in [5, 5.41) is 17.6. The molecule has 3 atom stereocenters. The molecule has 0 bridgehead atoms. The smallest absolute Gasteiger partial charge is 0.307 e. The summed E-state index contributed by atoms with van der Waals surface area (Å²) in [5.74, 6) is -3.00. The third-order valence-corrected chi connectivity index (χ3v) is 2.75. The highest BCUT2D eigenvalue weighted by atomic mass is 16.4. The zero-order valence-electron chi connectivity index (χ0n) is 7.56. The zero-order chi connectivity index (χ0) is 10.0. The van der Waals surface area contributed by atoms with Gasteiger partial charge in [0.1, 0.15) is 0 Å². The van der Waals surface area contributed by atoms with Gasteiger partial charge >= 0.3 is 11.9 Å². The lowest BCUT2D eigenvalue weighted by atomic mass is 9.75. The average molecular weight is 186 g/mol. The second-order valence-electron chi connectivity index (χ2n) is 3.81. The molecule has 0 aromatic rings. The molecule has 0 aliphatic heterocycles. The van der Waals surface area contributed by atoms with E-state index in [0.29, 0.717) is 18.8 Å². The summed E-state index contributed by atoms with van der Waals surface area (Å²) >= 11 is 0. The molecule has 4 nitrogen and oxygen atoms in total. The third-order valence-electron chi connectivity index (χ3n) is 2.75. The summed E-state index contributed by atoms with van der Waals surface area (Å²) in [6.07, 6.45) is 1.81. The van der Waals surface area contributed by atoms with E-state index in [-0.39, 0.29) is 0 Å². The van der Waals surface area contributed by atoms with Gasteiger partial charge in [-0.05, 0) is 25.2 Å². The maximum atomic E-state index is 10.8. The predicted molar refractivity (Wildman–Crippen MR) is 45.3 cm³/mol.